The van der Waals surface area contributed by atoms with Gasteiger partial charge in [0.05, 0.1) is 24.3 Å². The number of benzene rings is 1. The van der Waals surface area contributed by atoms with E-state index in [1.807, 2.05) is 46.2 Å². The van der Waals surface area contributed by atoms with Crippen molar-refractivity contribution in [1.82, 2.24) is 29.8 Å². The predicted molar refractivity (Wildman–Crippen MR) is 117 cm³/mol. The van der Waals surface area contributed by atoms with Crippen LogP contribution in [0.2, 0.25) is 0 Å². The molecule has 0 N–H and O–H groups in total. The summed E-state index contributed by atoms with van der Waals surface area (Å²) in [5.74, 6) is 0.353. The van der Waals surface area contributed by atoms with Gasteiger partial charge in [-0.15, -0.1) is 5.10 Å². The minimum atomic E-state index is 0.00778. The number of ether oxygens (including phenoxy) is 1. The van der Waals surface area contributed by atoms with Gasteiger partial charge in [-0.2, -0.15) is 0 Å². The zero-order valence-electron chi connectivity index (χ0n) is 17.9. The molecule has 32 heavy (non-hydrogen) atoms. The smallest absolute Gasteiger partial charge is 0.255 e. The minimum absolute atomic E-state index is 0.00778. The lowest BCUT2D eigenvalue weighted by Crippen LogP contribution is -2.41. The predicted octanol–water partition coefficient (Wildman–Crippen LogP) is 1.70. The fraction of sp³-hybridized carbons (Fsp3) is 0.435. The van der Waals surface area contributed by atoms with Crippen LogP contribution in [0, 0.1) is 0 Å². The highest BCUT2D eigenvalue weighted by Crippen LogP contribution is 2.27. The number of carbonyl (C=O) groups is 2. The number of hydrogen-bond acceptors (Lipinski definition) is 6. The Bertz CT molecular complexity index is 1100. The molecule has 5 rings (SSSR count). The summed E-state index contributed by atoms with van der Waals surface area (Å²) in [6.45, 7) is 3.98. The van der Waals surface area contributed by atoms with Gasteiger partial charge in [-0.25, -0.2) is 4.68 Å². The Morgan fingerprint density at radius 1 is 0.969 bits per heavy atom. The Balaban J connectivity index is 1.16. The molecule has 2 aliphatic rings. The maximum Gasteiger partial charge on any atom is 0.255 e. The molecule has 166 valence electrons. The van der Waals surface area contributed by atoms with E-state index in [0.717, 1.165) is 29.6 Å². The minimum Gasteiger partial charge on any atom is -0.378 e. The molecule has 0 saturated carbocycles. The van der Waals surface area contributed by atoms with Gasteiger partial charge in [0, 0.05) is 44.0 Å². The van der Waals surface area contributed by atoms with Gasteiger partial charge < -0.3 is 14.5 Å². The van der Waals surface area contributed by atoms with Crippen molar-refractivity contribution in [3.63, 3.8) is 0 Å². The summed E-state index contributed by atoms with van der Waals surface area (Å²) in [4.78, 5) is 33.7. The van der Waals surface area contributed by atoms with Gasteiger partial charge in [0.2, 0.25) is 5.91 Å². The molecule has 0 aliphatic carbocycles. The highest BCUT2D eigenvalue weighted by molar-refractivity contribution is 5.94. The highest BCUT2D eigenvalue weighted by Gasteiger charge is 2.26. The van der Waals surface area contributed by atoms with Crippen LogP contribution in [-0.2, 0) is 16.1 Å². The van der Waals surface area contributed by atoms with Crippen LogP contribution in [0.1, 0.15) is 34.8 Å². The lowest BCUT2D eigenvalue weighted by molar-refractivity contribution is -0.133. The second-order valence-electron chi connectivity index (χ2n) is 8.27. The lowest BCUT2D eigenvalue weighted by Gasteiger charge is -2.32. The van der Waals surface area contributed by atoms with E-state index in [-0.39, 0.29) is 18.4 Å². The Kier molecular flexibility index (Phi) is 5.81. The summed E-state index contributed by atoms with van der Waals surface area (Å²) in [6, 6.07) is 11.5. The Morgan fingerprint density at radius 2 is 1.75 bits per heavy atom. The van der Waals surface area contributed by atoms with Gasteiger partial charge in [0.15, 0.2) is 0 Å². The molecule has 0 spiro atoms. The van der Waals surface area contributed by atoms with Gasteiger partial charge in [0.1, 0.15) is 12.1 Å². The summed E-state index contributed by atoms with van der Waals surface area (Å²) in [7, 11) is 0. The summed E-state index contributed by atoms with van der Waals surface area (Å²) >= 11 is 0. The Hall–Kier alpha value is -3.33. The summed E-state index contributed by atoms with van der Waals surface area (Å²) < 4.78 is 6.97. The molecule has 0 bridgehead atoms. The first-order valence-corrected chi connectivity index (χ1v) is 11.1. The van der Waals surface area contributed by atoms with Crippen molar-refractivity contribution in [1.29, 1.82) is 0 Å². The number of hydrogen-bond donors (Lipinski definition) is 0. The normalized spacial score (nSPS) is 17.6. The molecule has 9 nitrogen and oxygen atoms in total. The standard InChI is InChI=1S/C23H26N6O3/c30-22(16-29-21-4-2-1-3-20(21)25-26-29)27-9-7-17(8-10-27)19-6-5-18(15-24-19)23(31)28-11-13-32-14-12-28/h1-6,15,17H,7-14,16H2. The molecule has 0 atom stereocenters. The van der Waals surface area contributed by atoms with Crippen LogP contribution in [0.4, 0.5) is 0 Å². The number of rotatable bonds is 4. The van der Waals surface area contributed by atoms with Crippen molar-refractivity contribution in [3.8, 4) is 0 Å². The number of nitrogens with zero attached hydrogens (tertiary/aromatic N) is 6. The number of carbonyl (C=O) groups excluding carboxylic acids is 2. The molecule has 3 aromatic rings. The van der Waals surface area contributed by atoms with Crippen LogP contribution in [-0.4, -0.2) is 81.0 Å². The summed E-state index contributed by atoms with van der Waals surface area (Å²) in [5.41, 5.74) is 3.26. The zero-order chi connectivity index (χ0) is 21.9. The third-order valence-electron chi connectivity index (χ3n) is 6.30. The molecule has 9 heteroatoms. The first-order valence-electron chi connectivity index (χ1n) is 11.1. The van der Waals surface area contributed by atoms with Gasteiger partial charge in [-0.1, -0.05) is 17.3 Å². The fourth-order valence-corrected chi connectivity index (χ4v) is 4.41. The number of morpholine rings is 1. The van der Waals surface area contributed by atoms with Crippen molar-refractivity contribution < 1.29 is 14.3 Å². The van der Waals surface area contributed by atoms with Crippen LogP contribution < -0.4 is 0 Å². The third-order valence-corrected chi connectivity index (χ3v) is 6.30. The van der Waals surface area contributed by atoms with Gasteiger partial charge in [-0.3, -0.25) is 14.6 Å². The molecule has 2 aliphatic heterocycles. The van der Waals surface area contributed by atoms with Crippen LogP contribution in [0.25, 0.3) is 11.0 Å². The first-order chi connectivity index (χ1) is 15.7. The Morgan fingerprint density at radius 3 is 2.50 bits per heavy atom. The van der Waals surface area contributed by atoms with Crippen molar-refractivity contribution in [3.05, 3.63) is 53.9 Å². The molecule has 2 fully saturated rings. The van der Waals surface area contributed by atoms with E-state index in [9.17, 15) is 9.59 Å². The monoisotopic (exact) mass is 434 g/mol. The number of likely N-dealkylation sites (tertiary alicyclic amines) is 1. The fourth-order valence-electron chi connectivity index (χ4n) is 4.41. The van der Waals surface area contributed by atoms with Gasteiger partial charge in [-0.05, 0) is 37.1 Å². The molecule has 2 amide bonds. The van der Waals surface area contributed by atoms with Crippen LogP contribution >= 0.6 is 0 Å². The SMILES string of the molecule is O=C(Cn1nnc2ccccc21)N1CCC(c2ccc(C(=O)N3CCOCC3)cn2)CC1. The molecule has 0 unspecified atom stereocenters. The number of amides is 2. The summed E-state index contributed by atoms with van der Waals surface area (Å²) in [5, 5.41) is 8.24. The first kappa shape index (κ1) is 20.6. The number of para-hydroxylation sites is 1. The van der Waals surface area contributed by atoms with E-state index in [4.69, 9.17) is 4.74 Å². The van der Waals surface area contributed by atoms with E-state index in [1.165, 1.54) is 0 Å². The topological polar surface area (TPSA) is 93.5 Å². The lowest BCUT2D eigenvalue weighted by atomic mass is 9.92. The number of aromatic nitrogens is 4. The van der Waals surface area contributed by atoms with E-state index in [1.54, 1.807) is 10.9 Å². The number of fused-ring (bicyclic) bond motifs is 1. The quantitative estimate of drug-likeness (QED) is 0.621. The Labute approximate surface area is 186 Å². The molecule has 1 aromatic carbocycles. The molecule has 0 radical (unpaired) electrons. The average Bonchev–Trinajstić information content (AvgIpc) is 3.27. The molecule has 4 heterocycles. The second kappa shape index (κ2) is 9.04. The maximum absolute atomic E-state index is 12.8. The number of pyridine rings is 1. The molecule has 2 saturated heterocycles. The zero-order valence-corrected chi connectivity index (χ0v) is 17.9. The largest absolute Gasteiger partial charge is 0.378 e. The van der Waals surface area contributed by atoms with E-state index in [2.05, 4.69) is 15.3 Å². The van der Waals surface area contributed by atoms with Crippen LogP contribution in [0.5, 0.6) is 0 Å². The highest BCUT2D eigenvalue weighted by atomic mass is 16.5. The maximum atomic E-state index is 12.8. The van der Waals surface area contributed by atoms with E-state index < -0.39 is 0 Å². The van der Waals surface area contributed by atoms with Crippen molar-refractivity contribution in [2.45, 2.75) is 25.3 Å². The third kappa shape index (κ3) is 4.20. The number of piperidine rings is 1. The van der Waals surface area contributed by atoms with E-state index in [0.29, 0.717) is 50.9 Å². The van der Waals surface area contributed by atoms with Crippen LogP contribution in [0.3, 0.4) is 0 Å². The second-order valence-corrected chi connectivity index (χ2v) is 8.27. The average molecular weight is 435 g/mol. The van der Waals surface area contributed by atoms with E-state index >= 15 is 0 Å². The van der Waals surface area contributed by atoms with Crippen molar-refractivity contribution in [2.24, 2.45) is 0 Å². The summed E-state index contributed by atoms with van der Waals surface area (Å²) in [6.07, 6.45) is 3.39. The van der Waals surface area contributed by atoms with Crippen LogP contribution in [0.15, 0.2) is 42.6 Å². The molecule has 2 aromatic heterocycles. The van der Waals surface area contributed by atoms with Gasteiger partial charge in [0.25, 0.3) is 5.91 Å². The van der Waals surface area contributed by atoms with Gasteiger partial charge >= 0.3 is 0 Å². The molecular formula is C23H26N6O3. The van der Waals surface area contributed by atoms with Crippen molar-refractivity contribution >= 4 is 22.8 Å². The molecular weight excluding hydrogens is 408 g/mol. The van der Waals surface area contributed by atoms with Crippen molar-refractivity contribution in [2.75, 3.05) is 39.4 Å².